The Kier molecular flexibility index (Phi) is 6.69. The van der Waals surface area contributed by atoms with Gasteiger partial charge in [-0.3, -0.25) is 0 Å². The van der Waals surface area contributed by atoms with E-state index in [1.807, 2.05) is 18.2 Å². The first-order valence-electron chi connectivity index (χ1n) is 9.22. The largest absolute Gasteiger partial charge is 0.496 e. The summed E-state index contributed by atoms with van der Waals surface area (Å²) in [7, 11) is 1.71. The van der Waals surface area contributed by atoms with Crippen LogP contribution in [0.3, 0.4) is 0 Å². The lowest BCUT2D eigenvalue weighted by Gasteiger charge is -2.29. The van der Waals surface area contributed by atoms with E-state index in [0.717, 1.165) is 48.6 Å². The van der Waals surface area contributed by atoms with Crippen LogP contribution in [0.4, 0.5) is 0 Å². The van der Waals surface area contributed by atoms with E-state index >= 15 is 0 Å². The highest BCUT2D eigenvalue weighted by molar-refractivity contribution is 5.85. The number of para-hydroxylation sites is 1. The Bertz CT molecular complexity index is 715. The predicted octanol–water partition coefficient (Wildman–Crippen LogP) is 4.04. The SMILES string of the molecule is COc1ccccc1Cc1nc(C2CCC(N)CC2)n(C(C)(C)C)n1.Cl. The summed E-state index contributed by atoms with van der Waals surface area (Å²) in [5, 5.41) is 4.87. The lowest BCUT2D eigenvalue weighted by atomic mass is 9.85. The number of hydrogen-bond donors (Lipinski definition) is 1. The summed E-state index contributed by atoms with van der Waals surface area (Å²) in [6.45, 7) is 6.56. The second-order valence-electron chi connectivity index (χ2n) is 8.07. The lowest BCUT2D eigenvalue weighted by molar-refractivity contribution is 0.306. The van der Waals surface area contributed by atoms with E-state index in [2.05, 4.69) is 31.5 Å². The molecule has 144 valence electrons. The molecule has 5 nitrogen and oxygen atoms in total. The average Bonchev–Trinajstić information content (AvgIpc) is 3.00. The maximum absolute atomic E-state index is 6.08. The van der Waals surface area contributed by atoms with E-state index in [1.165, 1.54) is 0 Å². The molecule has 1 fully saturated rings. The fourth-order valence-corrected chi connectivity index (χ4v) is 3.60. The topological polar surface area (TPSA) is 66.0 Å². The van der Waals surface area contributed by atoms with Crippen LogP contribution in [-0.4, -0.2) is 27.9 Å². The fraction of sp³-hybridized carbons (Fsp3) is 0.600. The Morgan fingerprint density at radius 2 is 1.81 bits per heavy atom. The van der Waals surface area contributed by atoms with Gasteiger partial charge in [0.25, 0.3) is 0 Å². The summed E-state index contributed by atoms with van der Waals surface area (Å²) in [4.78, 5) is 4.95. The van der Waals surface area contributed by atoms with Crippen molar-refractivity contribution in [2.24, 2.45) is 5.73 Å². The molecule has 0 bridgehead atoms. The Labute approximate surface area is 162 Å². The minimum absolute atomic E-state index is 0. The zero-order chi connectivity index (χ0) is 18.0. The van der Waals surface area contributed by atoms with Crippen molar-refractivity contribution in [1.29, 1.82) is 0 Å². The Hall–Kier alpha value is -1.59. The highest BCUT2D eigenvalue weighted by Crippen LogP contribution is 2.33. The van der Waals surface area contributed by atoms with Crippen molar-refractivity contribution < 1.29 is 4.74 Å². The molecule has 0 saturated heterocycles. The minimum Gasteiger partial charge on any atom is -0.496 e. The molecule has 0 radical (unpaired) electrons. The second kappa shape index (κ2) is 8.40. The first-order valence-corrected chi connectivity index (χ1v) is 9.22. The van der Waals surface area contributed by atoms with Crippen LogP contribution in [0.5, 0.6) is 5.75 Å². The normalized spacial score (nSPS) is 20.5. The van der Waals surface area contributed by atoms with Gasteiger partial charge in [0.1, 0.15) is 11.6 Å². The molecule has 1 saturated carbocycles. The molecule has 1 heterocycles. The summed E-state index contributed by atoms with van der Waals surface area (Å²) in [5.74, 6) is 3.33. The predicted molar refractivity (Wildman–Crippen MR) is 107 cm³/mol. The van der Waals surface area contributed by atoms with Crippen LogP contribution < -0.4 is 10.5 Å². The van der Waals surface area contributed by atoms with E-state index in [1.54, 1.807) is 7.11 Å². The number of hydrogen-bond acceptors (Lipinski definition) is 4. The highest BCUT2D eigenvalue weighted by Gasteiger charge is 2.29. The molecule has 0 spiro atoms. The number of rotatable bonds is 4. The van der Waals surface area contributed by atoms with Crippen LogP contribution in [0.1, 0.15) is 69.6 Å². The Morgan fingerprint density at radius 3 is 2.42 bits per heavy atom. The van der Waals surface area contributed by atoms with Crippen molar-refractivity contribution in [3.8, 4) is 5.75 Å². The monoisotopic (exact) mass is 378 g/mol. The molecule has 0 unspecified atom stereocenters. The maximum atomic E-state index is 6.08. The maximum Gasteiger partial charge on any atom is 0.155 e. The molecule has 0 atom stereocenters. The summed E-state index contributed by atoms with van der Waals surface area (Å²) >= 11 is 0. The molecule has 3 rings (SSSR count). The van der Waals surface area contributed by atoms with Crippen molar-refractivity contribution in [3.05, 3.63) is 41.5 Å². The number of aromatic nitrogens is 3. The molecule has 1 aliphatic carbocycles. The van der Waals surface area contributed by atoms with Crippen LogP contribution in [-0.2, 0) is 12.0 Å². The first kappa shape index (κ1) is 20.7. The van der Waals surface area contributed by atoms with Crippen LogP contribution in [0, 0.1) is 0 Å². The van der Waals surface area contributed by atoms with Crippen LogP contribution in [0.25, 0.3) is 0 Å². The van der Waals surface area contributed by atoms with E-state index < -0.39 is 0 Å². The number of benzene rings is 1. The van der Waals surface area contributed by atoms with Crippen molar-refractivity contribution in [1.82, 2.24) is 14.8 Å². The van der Waals surface area contributed by atoms with Gasteiger partial charge in [-0.25, -0.2) is 9.67 Å². The third-order valence-corrected chi connectivity index (χ3v) is 4.99. The molecule has 0 amide bonds. The number of ether oxygens (including phenoxy) is 1. The molecule has 26 heavy (non-hydrogen) atoms. The standard InChI is InChI=1S/C20H30N4O.ClH/c1-20(2,3)24-19(14-9-11-16(21)12-10-14)22-18(23-24)13-15-7-5-6-8-17(15)25-4;/h5-8,14,16H,9-13,21H2,1-4H3;1H. The molecule has 2 aromatic rings. The van der Waals surface area contributed by atoms with Crippen molar-refractivity contribution in [3.63, 3.8) is 0 Å². The van der Waals surface area contributed by atoms with Gasteiger partial charge in [-0.1, -0.05) is 18.2 Å². The third-order valence-electron chi connectivity index (χ3n) is 4.99. The van der Waals surface area contributed by atoms with Crippen molar-refractivity contribution >= 4 is 12.4 Å². The summed E-state index contributed by atoms with van der Waals surface area (Å²) in [6, 6.07) is 8.42. The van der Waals surface area contributed by atoms with Gasteiger partial charge in [0.2, 0.25) is 0 Å². The van der Waals surface area contributed by atoms with E-state index in [4.69, 9.17) is 20.6 Å². The van der Waals surface area contributed by atoms with Crippen molar-refractivity contribution in [2.75, 3.05) is 7.11 Å². The number of nitrogens with two attached hydrogens (primary N) is 1. The third kappa shape index (κ3) is 4.57. The highest BCUT2D eigenvalue weighted by atomic mass is 35.5. The Balaban J connectivity index is 0.00000243. The van der Waals surface area contributed by atoms with Gasteiger partial charge in [0, 0.05) is 23.9 Å². The number of methoxy groups -OCH3 is 1. The van der Waals surface area contributed by atoms with Crippen LogP contribution >= 0.6 is 12.4 Å². The summed E-state index contributed by atoms with van der Waals surface area (Å²) in [6.07, 6.45) is 5.04. The van der Waals surface area contributed by atoms with Crippen LogP contribution in [0.2, 0.25) is 0 Å². The minimum atomic E-state index is -0.0824. The molecule has 2 N–H and O–H groups in total. The van der Waals surface area contributed by atoms with E-state index in [0.29, 0.717) is 18.4 Å². The zero-order valence-electron chi connectivity index (χ0n) is 16.2. The number of nitrogens with zero attached hydrogens (tertiary/aromatic N) is 3. The average molecular weight is 379 g/mol. The van der Waals surface area contributed by atoms with Gasteiger partial charge in [-0.05, 0) is 52.5 Å². The lowest BCUT2D eigenvalue weighted by Crippen LogP contribution is -2.30. The molecule has 1 aromatic heterocycles. The van der Waals surface area contributed by atoms with E-state index in [9.17, 15) is 0 Å². The zero-order valence-corrected chi connectivity index (χ0v) is 17.1. The van der Waals surface area contributed by atoms with Gasteiger partial charge in [0.05, 0.1) is 12.6 Å². The van der Waals surface area contributed by atoms with Gasteiger partial charge >= 0.3 is 0 Å². The molecule has 1 aromatic carbocycles. The fourth-order valence-electron chi connectivity index (χ4n) is 3.60. The Morgan fingerprint density at radius 1 is 1.15 bits per heavy atom. The first-order chi connectivity index (χ1) is 11.9. The second-order valence-corrected chi connectivity index (χ2v) is 8.07. The van der Waals surface area contributed by atoms with Gasteiger partial charge in [-0.15, -0.1) is 12.4 Å². The molecule has 1 aliphatic rings. The summed E-state index contributed by atoms with van der Waals surface area (Å²) < 4.78 is 7.60. The molecule has 0 aliphatic heterocycles. The quantitative estimate of drug-likeness (QED) is 0.871. The van der Waals surface area contributed by atoms with Gasteiger partial charge < -0.3 is 10.5 Å². The van der Waals surface area contributed by atoms with E-state index in [-0.39, 0.29) is 17.9 Å². The molecule has 6 heteroatoms. The number of halogens is 1. The van der Waals surface area contributed by atoms with Crippen molar-refractivity contribution in [2.45, 2.75) is 70.4 Å². The molecular formula is C20H31ClN4O. The van der Waals surface area contributed by atoms with Gasteiger partial charge in [0.15, 0.2) is 5.82 Å². The van der Waals surface area contributed by atoms with Crippen LogP contribution in [0.15, 0.2) is 24.3 Å². The molecular weight excluding hydrogens is 348 g/mol. The smallest absolute Gasteiger partial charge is 0.155 e. The summed E-state index contributed by atoms with van der Waals surface area (Å²) in [5.41, 5.74) is 7.12. The van der Waals surface area contributed by atoms with Gasteiger partial charge in [-0.2, -0.15) is 5.10 Å².